The van der Waals surface area contributed by atoms with Crippen molar-refractivity contribution in [3.8, 4) is 5.75 Å². The van der Waals surface area contributed by atoms with Crippen LogP contribution in [0.5, 0.6) is 5.75 Å². The summed E-state index contributed by atoms with van der Waals surface area (Å²) in [4.78, 5) is 16.5. The third-order valence-electron chi connectivity index (χ3n) is 4.74. The molecule has 3 rings (SSSR count). The van der Waals surface area contributed by atoms with Crippen molar-refractivity contribution in [3.63, 3.8) is 0 Å². The summed E-state index contributed by atoms with van der Waals surface area (Å²) >= 11 is 5.92. The summed E-state index contributed by atoms with van der Waals surface area (Å²) in [5.41, 5.74) is 2.79. The van der Waals surface area contributed by atoms with Crippen LogP contribution >= 0.6 is 11.6 Å². The van der Waals surface area contributed by atoms with Gasteiger partial charge in [0.05, 0.1) is 11.2 Å². The minimum absolute atomic E-state index is 0.0934. The summed E-state index contributed by atoms with van der Waals surface area (Å²) in [5, 5.41) is 21.3. The Kier molecular flexibility index (Phi) is 5.14. The number of rotatable bonds is 5. The standard InChI is InChI=1S/C21H20ClNO3/c1-3-12(2)15-5-4-6-16-18(21(25)26)20(24)17(23-19(15)16)11-13-7-9-14(22)10-8-13/h4-10,12,24H,3,11H2,1-2H3,(H,25,26). The summed E-state index contributed by atoms with van der Waals surface area (Å²) in [6.45, 7) is 4.17. The van der Waals surface area contributed by atoms with Gasteiger partial charge in [-0.3, -0.25) is 0 Å². The van der Waals surface area contributed by atoms with E-state index in [0.717, 1.165) is 17.5 Å². The van der Waals surface area contributed by atoms with E-state index in [2.05, 4.69) is 18.8 Å². The Hall–Kier alpha value is -2.59. The first-order valence-corrected chi connectivity index (χ1v) is 8.92. The average Bonchev–Trinajstić information content (AvgIpc) is 2.62. The normalized spacial score (nSPS) is 12.3. The molecule has 26 heavy (non-hydrogen) atoms. The second kappa shape index (κ2) is 7.34. The predicted octanol–water partition coefficient (Wildman–Crippen LogP) is 5.40. The summed E-state index contributed by atoms with van der Waals surface area (Å²) in [7, 11) is 0. The van der Waals surface area contributed by atoms with Crippen LogP contribution < -0.4 is 0 Å². The molecule has 1 aromatic heterocycles. The molecule has 5 heteroatoms. The third kappa shape index (κ3) is 3.37. The smallest absolute Gasteiger partial charge is 0.340 e. The van der Waals surface area contributed by atoms with Crippen molar-refractivity contribution in [1.29, 1.82) is 0 Å². The molecule has 0 amide bonds. The molecule has 0 radical (unpaired) electrons. The molecule has 0 spiro atoms. The van der Waals surface area contributed by atoms with Gasteiger partial charge in [0.25, 0.3) is 0 Å². The van der Waals surface area contributed by atoms with E-state index >= 15 is 0 Å². The number of fused-ring (bicyclic) bond motifs is 1. The second-order valence-electron chi connectivity index (χ2n) is 6.44. The van der Waals surface area contributed by atoms with Gasteiger partial charge >= 0.3 is 5.97 Å². The highest BCUT2D eigenvalue weighted by Crippen LogP contribution is 2.34. The lowest BCUT2D eigenvalue weighted by atomic mass is 9.93. The zero-order valence-corrected chi connectivity index (χ0v) is 15.4. The van der Waals surface area contributed by atoms with Gasteiger partial charge in [0.2, 0.25) is 0 Å². The summed E-state index contributed by atoms with van der Waals surface area (Å²) in [6.07, 6.45) is 1.24. The Morgan fingerprint density at radius 2 is 1.88 bits per heavy atom. The van der Waals surface area contributed by atoms with Crippen molar-refractivity contribution in [1.82, 2.24) is 4.98 Å². The first-order chi connectivity index (χ1) is 12.4. The molecule has 0 fully saturated rings. The zero-order valence-electron chi connectivity index (χ0n) is 14.7. The number of para-hydroxylation sites is 1. The number of benzene rings is 2. The summed E-state index contributed by atoms with van der Waals surface area (Å²) in [5.74, 6) is -1.20. The lowest BCUT2D eigenvalue weighted by molar-refractivity contribution is 0.0695. The van der Waals surface area contributed by atoms with Crippen LogP contribution in [0, 0.1) is 0 Å². The summed E-state index contributed by atoms with van der Waals surface area (Å²) in [6, 6.07) is 12.7. The highest BCUT2D eigenvalue weighted by Gasteiger charge is 2.22. The maximum atomic E-state index is 11.8. The van der Waals surface area contributed by atoms with Crippen LogP contribution in [0.2, 0.25) is 5.02 Å². The Bertz CT molecular complexity index is 967. The van der Waals surface area contributed by atoms with Gasteiger partial charge in [-0.25, -0.2) is 9.78 Å². The molecule has 2 aromatic carbocycles. The molecule has 4 nitrogen and oxygen atoms in total. The van der Waals surface area contributed by atoms with Crippen molar-refractivity contribution in [2.45, 2.75) is 32.6 Å². The van der Waals surface area contributed by atoms with E-state index in [1.807, 2.05) is 24.3 Å². The van der Waals surface area contributed by atoms with E-state index in [4.69, 9.17) is 11.6 Å². The van der Waals surface area contributed by atoms with Crippen LogP contribution in [0.4, 0.5) is 0 Å². The van der Waals surface area contributed by atoms with Gasteiger partial charge in [-0.15, -0.1) is 0 Å². The van der Waals surface area contributed by atoms with Gasteiger partial charge < -0.3 is 10.2 Å². The monoisotopic (exact) mass is 369 g/mol. The highest BCUT2D eigenvalue weighted by molar-refractivity contribution is 6.30. The van der Waals surface area contributed by atoms with Gasteiger partial charge in [0.15, 0.2) is 5.75 Å². The molecule has 0 saturated carbocycles. The molecule has 0 aliphatic heterocycles. The molecule has 2 N–H and O–H groups in total. The van der Waals surface area contributed by atoms with Crippen LogP contribution in [-0.2, 0) is 6.42 Å². The van der Waals surface area contributed by atoms with Crippen LogP contribution in [0.1, 0.15) is 53.4 Å². The van der Waals surface area contributed by atoms with Gasteiger partial charge in [-0.1, -0.05) is 55.8 Å². The minimum Gasteiger partial charge on any atom is -0.505 e. The molecule has 1 heterocycles. The lowest BCUT2D eigenvalue weighted by Gasteiger charge is -2.16. The fourth-order valence-corrected chi connectivity index (χ4v) is 3.23. The SMILES string of the molecule is CCC(C)c1cccc2c(C(=O)O)c(O)c(Cc3ccc(Cl)cc3)nc12. The fourth-order valence-electron chi connectivity index (χ4n) is 3.10. The van der Waals surface area contributed by atoms with E-state index in [1.165, 1.54) is 0 Å². The first kappa shape index (κ1) is 18.2. The molecular formula is C21H20ClNO3. The Labute approximate surface area is 157 Å². The van der Waals surface area contributed by atoms with Crippen molar-refractivity contribution in [2.75, 3.05) is 0 Å². The van der Waals surface area contributed by atoms with Gasteiger partial charge in [0, 0.05) is 16.8 Å². The molecule has 0 bridgehead atoms. The second-order valence-corrected chi connectivity index (χ2v) is 6.88. The van der Waals surface area contributed by atoms with Crippen LogP contribution in [0.15, 0.2) is 42.5 Å². The number of aromatic carboxylic acids is 1. The number of nitrogens with zero attached hydrogens (tertiary/aromatic N) is 1. The molecule has 0 saturated heterocycles. The number of hydrogen-bond donors (Lipinski definition) is 2. The van der Waals surface area contributed by atoms with E-state index in [0.29, 0.717) is 28.0 Å². The van der Waals surface area contributed by atoms with E-state index in [9.17, 15) is 15.0 Å². The maximum Gasteiger partial charge on any atom is 0.340 e. The Morgan fingerprint density at radius 1 is 1.19 bits per heavy atom. The molecule has 0 aliphatic rings. The maximum absolute atomic E-state index is 11.8. The molecule has 0 aliphatic carbocycles. The average molecular weight is 370 g/mol. The third-order valence-corrected chi connectivity index (χ3v) is 4.99. The van der Waals surface area contributed by atoms with Crippen LogP contribution in [0.25, 0.3) is 10.9 Å². The number of carbonyl (C=O) groups is 1. The topological polar surface area (TPSA) is 70.4 Å². The van der Waals surface area contributed by atoms with Crippen LogP contribution in [-0.4, -0.2) is 21.2 Å². The number of aromatic nitrogens is 1. The Morgan fingerprint density at radius 3 is 2.50 bits per heavy atom. The molecule has 1 unspecified atom stereocenters. The number of carboxylic acids is 1. The lowest BCUT2D eigenvalue weighted by Crippen LogP contribution is -2.06. The number of pyridine rings is 1. The van der Waals surface area contributed by atoms with Crippen molar-refractivity contribution >= 4 is 28.5 Å². The van der Waals surface area contributed by atoms with Crippen LogP contribution in [0.3, 0.4) is 0 Å². The zero-order chi connectivity index (χ0) is 18.8. The first-order valence-electron chi connectivity index (χ1n) is 8.54. The van der Waals surface area contributed by atoms with Gasteiger partial charge in [-0.2, -0.15) is 0 Å². The van der Waals surface area contributed by atoms with Crippen molar-refractivity contribution in [3.05, 3.63) is 69.9 Å². The largest absolute Gasteiger partial charge is 0.505 e. The van der Waals surface area contributed by atoms with Crippen molar-refractivity contribution in [2.24, 2.45) is 0 Å². The van der Waals surface area contributed by atoms with Crippen molar-refractivity contribution < 1.29 is 15.0 Å². The molecule has 134 valence electrons. The highest BCUT2D eigenvalue weighted by atomic mass is 35.5. The molecular weight excluding hydrogens is 350 g/mol. The predicted molar refractivity (Wildman–Crippen MR) is 103 cm³/mol. The van der Waals surface area contributed by atoms with E-state index in [-0.39, 0.29) is 17.2 Å². The quantitative estimate of drug-likeness (QED) is 0.632. The van der Waals surface area contributed by atoms with E-state index < -0.39 is 5.97 Å². The number of aromatic hydroxyl groups is 1. The van der Waals surface area contributed by atoms with E-state index in [1.54, 1.807) is 18.2 Å². The van der Waals surface area contributed by atoms with Gasteiger partial charge in [0.1, 0.15) is 5.56 Å². The summed E-state index contributed by atoms with van der Waals surface area (Å²) < 4.78 is 0. The Balaban J connectivity index is 2.24. The molecule has 1 atom stereocenters. The number of carboxylic acid groups (broad SMARTS) is 1. The fraction of sp³-hybridized carbons (Fsp3) is 0.238. The number of hydrogen-bond acceptors (Lipinski definition) is 3. The minimum atomic E-state index is -1.16. The number of halogens is 1. The van der Waals surface area contributed by atoms with Gasteiger partial charge in [-0.05, 0) is 35.6 Å². The molecule has 3 aromatic rings.